The normalized spacial score (nSPS) is 7.62. The third-order valence-corrected chi connectivity index (χ3v) is 0.674. The molecule has 0 atom stereocenters. The minimum atomic E-state index is 0. The Kier molecular flexibility index (Phi) is 5.26. The second-order valence-electron chi connectivity index (χ2n) is 1.30. The molecule has 1 aromatic heterocycles. The van der Waals surface area contributed by atoms with Gasteiger partial charge < -0.3 is 9.97 Å². The fourth-order valence-corrected chi connectivity index (χ4v) is 0.323. The largest absolute Gasteiger partial charge is 1.00 e. The van der Waals surface area contributed by atoms with Crippen molar-refractivity contribution in [3.63, 3.8) is 0 Å². The van der Waals surface area contributed by atoms with E-state index in [9.17, 15) is 0 Å². The molecular weight excluding hydrogens is 174 g/mol. The summed E-state index contributed by atoms with van der Waals surface area (Å²) in [7, 11) is 0. The molecule has 0 aliphatic heterocycles. The third-order valence-electron chi connectivity index (χ3n) is 0.674. The first-order chi connectivity index (χ1) is 3.39. The number of rotatable bonds is 0. The van der Waals surface area contributed by atoms with Crippen LogP contribution in [0.1, 0.15) is 5.69 Å². The van der Waals surface area contributed by atoms with Crippen molar-refractivity contribution in [2.45, 2.75) is 6.92 Å². The molecule has 0 bridgehead atoms. The van der Waals surface area contributed by atoms with Gasteiger partial charge >= 0.3 is 58.2 Å². The van der Waals surface area contributed by atoms with Crippen molar-refractivity contribution in [3.05, 3.63) is 24.3 Å². The van der Waals surface area contributed by atoms with Gasteiger partial charge in [-0.05, 0) is 0 Å². The van der Waals surface area contributed by atoms with E-state index in [2.05, 4.69) is 16.3 Å². The number of nitrogens with zero attached hydrogens (tertiary/aromatic N) is 2. The summed E-state index contributed by atoms with van der Waals surface area (Å²) >= 11 is 0. The third kappa shape index (κ3) is 3.02. The number of aromatic nitrogens is 2. The molecule has 0 aliphatic carbocycles. The first kappa shape index (κ1) is 8.89. The summed E-state index contributed by atoms with van der Waals surface area (Å²) in [5, 5.41) is 0. The summed E-state index contributed by atoms with van der Waals surface area (Å²) in [6, 6.07) is 1.83. The molecule has 3 heteroatoms. The van der Waals surface area contributed by atoms with E-state index in [1.807, 2.05) is 13.0 Å². The molecule has 36 valence electrons. The maximum atomic E-state index is 3.74. The summed E-state index contributed by atoms with van der Waals surface area (Å²) in [6.07, 6.45) is 4.13. The quantitative estimate of drug-likeness (QED) is 0.414. The van der Waals surface area contributed by atoms with Crippen LogP contribution in [0.3, 0.4) is 0 Å². The molecule has 0 radical (unpaired) electrons. The standard InChI is InChI=1S/C5H5N2.Rb/c1-5-2-3-6-4-7-5;/h2-3H,1H3;/q-1;+1. The van der Waals surface area contributed by atoms with E-state index in [0.29, 0.717) is 0 Å². The second-order valence-corrected chi connectivity index (χ2v) is 1.30. The maximum absolute atomic E-state index is 3.74. The molecular formula is C5H5N2Rb. The number of aryl methyl sites for hydroxylation is 1. The van der Waals surface area contributed by atoms with Crippen LogP contribution in [0.2, 0.25) is 0 Å². The number of hydrogen-bond acceptors (Lipinski definition) is 2. The van der Waals surface area contributed by atoms with Gasteiger partial charge in [-0.2, -0.15) is 0 Å². The van der Waals surface area contributed by atoms with E-state index in [1.54, 1.807) is 6.20 Å². The van der Waals surface area contributed by atoms with Gasteiger partial charge in [0.1, 0.15) is 0 Å². The van der Waals surface area contributed by atoms with E-state index in [0.717, 1.165) is 5.69 Å². The van der Waals surface area contributed by atoms with Crippen LogP contribution in [0.4, 0.5) is 0 Å². The first-order valence-electron chi connectivity index (χ1n) is 2.05. The smallest absolute Gasteiger partial charge is 0.374 e. The molecule has 0 saturated carbocycles. The van der Waals surface area contributed by atoms with E-state index in [-0.39, 0.29) is 58.2 Å². The van der Waals surface area contributed by atoms with E-state index in [1.165, 1.54) is 0 Å². The summed E-state index contributed by atoms with van der Waals surface area (Å²) in [4.78, 5) is 7.35. The van der Waals surface area contributed by atoms with Gasteiger partial charge in [-0.15, -0.1) is 6.07 Å². The molecule has 0 saturated heterocycles. The Bertz CT molecular complexity index is 140. The molecule has 0 N–H and O–H groups in total. The molecule has 1 aromatic rings. The van der Waals surface area contributed by atoms with Crippen LogP contribution in [0.5, 0.6) is 0 Å². The monoisotopic (exact) mass is 178 g/mol. The van der Waals surface area contributed by atoms with E-state index in [4.69, 9.17) is 0 Å². The minimum absolute atomic E-state index is 0. The van der Waals surface area contributed by atoms with Crippen LogP contribution in [0.15, 0.2) is 12.3 Å². The van der Waals surface area contributed by atoms with Gasteiger partial charge in [-0.1, -0.05) is 18.8 Å². The Morgan fingerprint density at radius 2 is 2.38 bits per heavy atom. The van der Waals surface area contributed by atoms with Crippen molar-refractivity contribution in [2.75, 3.05) is 0 Å². The van der Waals surface area contributed by atoms with Gasteiger partial charge in [0.15, 0.2) is 0 Å². The van der Waals surface area contributed by atoms with Crippen molar-refractivity contribution >= 4 is 0 Å². The van der Waals surface area contributed by atoms with Gasteiger partial charge in [-0.3, -0.25) is 0 Å². The van der Waals surface area contributed by atoms with Crippen LogP contribution < -0.4 is 58.2 Å². The first-order valence-corrected chi connectivity index (χ1v) is 2.05. The summed E-state index contributed by atoms with van der Waals surface area (Å²) in [5.41, 5.74) is 0.954. The van der Waals surface area contributed by atoms with Gasteiger partial charge in [0.05, 0.1) is 0 Å². The van der Waals surface area contributed by atoms with E-state index >= 15 is 0 Å². The van der Waals surface area contributed by atoms with Crippen molar-refractivity contribution in [1.82, 2.24) is 9.97 Å². The van der Waals surface area contributed by atoms with Crippen molar-refractivity contribution in [2.24, 2.45) is 0 Å². The summed E-state index contributed by atoms with van der Waals surface area (Å²) < 4.78 is 0. The van der Waals surface area contributed by atoms with Gasteiger partial charge in [-0.25, -0.2) is 0 Å². The average molecular weight is 179 g/mol. The van der Waals surface area contributed by atoms with Crippen LogP contribution in [-0.4, -0.2) is 9.97 Å². The molecule has 0 spiro atoms. The Hall–Kier alpha value is 0.885. The second kappa shape index (κ2) is 4.73. The predicted octanol–water partition coefficient (Wildman–Crippen LogP) is -2.41. The molecule has 0 unspecified atom stereocenters. The fraction of sp³-hybridized carbons (Fsp3) is 0.200. The molecule has 0 fully saturated rings. The van der Waals surface area contributed by atoms with Crippen molar-refractivity contribution in [1.29, 1.82) is 0 Å². The zero-order valence-electron chi connectivity index (χ0n) is 5.05. The Morgan fingerprint density at radius 3 is 2.62 bits per heavy atom. The van der Waals surface area contributed by atoms with Gasteiger partial charge in [0.2, 0.25) is 0 Å². The van der Waals surface area contributed by atoms with E-state index < -0.39 is 0 Å². The van der Waals surface area contributed by atoms with Crippen LogP contribution in [-0.2, 0) is 0 Å². The molecule has 8 heavy (non-hydrogen) atoms. The molecule has 1 rings (SSSR count). The molecule has 0 aliphatic rings. The predicted molar refractivity (Wildman–Crippen MR) is 25.6 cm³/mol. The zero-order valence-corrected chi connectivity index (χ0v) is 9.97. The summed E-state index contributed by atoms with van der Waals surface area (Å²) in [6.45, 7) is 1.90. The van der Waals surface area contributed by atoms with Gasteiger partial charge in [0, 0.05) is 6.33 Å². The Balaban J connectivity index is 0.000000490. The Morgan fingerprint density at radius 1 is 1.62 bits per heavy atom. The SMILES string of the molecule is Cc1ccn[c-]n1.[Rb+]. The average Bonchev–Trinajstić information content (AvgIpc) is 1.69. The molecule has 0 amide bonds. The van der Waals surface area contributed by atoms with Crippen LogP contribution in [0, 0.1) is 13.3 Å². The molecule has 0 aromatic carbocycles. The number of hydrogen-bond donors (Lipinski definition) is 0. The van der Waals surface area contributed by atoms with Crippen LogP contribution >= 0.6 is 0 Å². The van der Waals surface area contributed by atoms with Gasteiger partial charge in [0.25, 0.3) is 0 Å². The fourth-order valence-electron chi connectivity index (χ4n) is 0.323. The zero-order chi connectivity index (χ0) is 5.11. The summed E-state index contributed by atoms with van der Waals surface area (Å²) in [5.74, 6) is 0. The minimum Gasteiger partial charge on any atom is -0.374 e. The van der Waals surface area contributed by atoms with Crippen molar-refractivity contribution in [3.8, 4) is 0 Å². The molecule has 1 heterocycles. The maximum Gasteiger partial charge on any atom is 1.00 e. The van der Waals surface area contributed by atoms with Crippen molar-refractivity contribution < 1.29 is 58.2 Å². The van der Waals surface area contributed by atoms with Crippen LogP contribution in [0.25, 0.3) is 0 Å². The topological polar surface area (TPSA) is 25.8 Å². The Labute approximate surface area is 97.5 Å². The molecule has 2 nitrogen and oxygen atoms in total.